The van der Waals surface area contributed by atoms with E-state index in [9.17, 15) is 9.59 Å². The second-order valence-electron chi connectivity index (χ2n) is 9.64. The van der Waals surface area contributed by atoms with Crippen molar-refractivity contribution in [3.8, 4) is 28.7 Å². The minimum atomic E-state index is -0.738. The van der Waals surface area contributed by atoms with Crippen LogP contribution in [-0.4, -0.2) is 48.8 Å². The summed E-state index contributed by atoms with van der Waals surface area (Å²) in [5, 5.41) is 0. The highest BCUT2D eigenvalue weighted by atomic mass is 16.6. The maximum Gasteiger partial charge on any atom is 0.416 e. The van der Waals surface area contributed by atoms with Crippen molar-refractivity contribution in [2.45, 2.75) is 38.3 Å². The Labute approximate surface area is 238 Å². The number of methoxy groups -OCH3 is 2. The van der Waals surface area contributed by atoms with Gasteiger partial charge in [-0.2, -0.15) is 0 Å². The number of carbonyl (C=O) groups excluding carboxylic acids is 2. The number of hydrogen-bond donors (Lipinski definition) is 0. The zero-order valence-electron chi connectivity index (χ0n) is 23.2. The molecule has 1 aliphatic rings. The number of hydrogen-bond acceptors (Lipinski definition) is 8. The summed E-state index contributed by atoms with van der Waals surface area (Å²) in [6.45, 7) is 2.33. The van der Waals surface area contributed by atoms with Gasteiger partial charge in [0.2, 0.25) is 5.89 Å². The zero-order valence-corrected chi connectivity index (χ0v) is 23.2. The van der Waals surface area contributed by atoms with Gasteiger partial charge in [0.1, 0.15) is 29.1 Å². The fourth-order valence-electron chi connectivity index (χ4n) is 4.97. The topological polar surface area (TPSA) is 100 Å². The Balaban J connectivity index is 1.23. The molecular weight excluding hydrogens is 524 g/mol. The van der Waals surface area contributed by atoms with Gasteiger partial charge in [0.25, 0.3) is 0 Å². The van der Waals surface area contributed by atoms with Gasteiger partial charge >= 0.3 is 12.1 Å². The molecule has 4 aromatic rings. The molecule has 0 unspecified atom stereocenters. The van der Waals surface area contributed by atoms with Crippen LogP contribution in [0.25, 0.3) is 11.5 Å². The molecule has 3 aromatic carbocycles. The lowest BCUT2D eigenvalue weighted by Crippen LogP contribution is -2.43. The summed E-state index contributed by atoms with van der Waals surface area (Å²) in [5.41, 5.74) is 2.66. The Morgan fingerprint density at radius 3 is 2.27 bits per heavy atom. The van der Waals surface area contributed by atoms with Crippen LogP contribution >= 0.6 is 0 Å². The Hall–Kier alpha value is -4.79. The fraction of sp³-hybridized carbons (Fsp3) is 0.281. The van der Waals surface area contributed by atoms with Crippen LogP contribution in [0.1, 0.15) is 35.9 Å². The number of benzene rings is 3. The number of carbonyl (C=O) groups is 2. The van der Waals surface area contributed by atoms with E-state index in [4.69, 9.17) is 23.4 Å². The number of oxazole rings is 1. The summed E-state index contributed by atoms with van der Waals surface area (Å²) in [6, 6.07) is 22.9. The van der Waals surface area contributed by atoms with Crippen molar-refractivity contribution in [2.24, 2.45) is 0 Å². The minimum absolute atomic E-state index is 0.354. The molecule has 2 heterocycles. The summed E-state index contributed by atoms with van der Waals surface area (Å²) < 4.78 is 27.6. The van der Waals surface area contributed by atoms with E-state index < -0.39 is 18.1 Å². The van der Waals surface area contributed by atoms with Gasteiger partial charge in [-0.3, -0.25) is 4.90 Å². The van der Waals surface area contributed by atoms with Crippen molar-refractivity contribution in [1.82, 2.24) is 9.88 Å². The van der Waals surface area contributed by atoms with Crippen molar-refractivity contribution in [1.29, 1.82) is 0 Å². The van der Waals surface area contributed by atoms with E-state index in [1.54, 1.807) is 31.4 Å². The molecule has 212 valence electrons. The number of aromatic nitrogens is 1. The van der Waals surface area contributed by atoms with Crippen LogP contribution < -0.4 is 14.2 Å². The first-order chi connectivity index (χ1) is 20.0. The van der Waals surface area contributed by atoms with E-state index in [1.165, 1.54) is 12.0 Å². The van der Waals surface area contributed by atoms with E-state index in [0.717, 1.165) is 22.6 Å². The first-order valence-corrected chi connectivity index (χ1v) is 13.4. The number of aryl methyl sites for hydroxylation is 1. The third kappa shape index (κ3) is 6.35. The molecule has 1 aromatic heterocycles. The summed E-state index contributed by atoms with van der Waals surface area (Å²) >= 11 is 0. The van der Waals surface area contributed by atoms with E-state index in [2.05, 4.69) is 4.98 Å². The second kappa shape index (κ2) is 12.6. The average molecular weight is 557 g/mol. The smallest absolute Gasteiger partial charge is 0.416 e. The number of rotatable bonds is 9. The van der Waals surface area contributed by atoms with Gasteiger partial charge in [-0.25, -0.2) is 14.6 Å². The van der Waals surface area contributed by atoms with Crippen LogP contribution in [-0.2, 0) is 16.0 Å². The molecule has 0 saturated carbocycles. The van der Waals surface area contributed by atoms with Gasteiger partial charge in [-0.15, -0.1) is 0 Å². The normalized spacial score (nSPS) is 16.3. The van der Waals surface area contributed by atoms with Crippen molar-refractivity contribution < 1.29 is 33.0 Å². The lowest BCUT2D eigenvalue weighted by Gasteiger charge is -2.28. The average Bonchev–Trinajstić information content (AvgIpc) is 3.62. The number of amides is 1. The molecule has 9 heteroatoms. The predicted molar refractivity (Wildman–Crippen MR) is 151 cm³/mol. The van der Waals surface area contributed by atoms with Crippen LogP contribution in [0.4, 0.5) is 4.79 Å². The first-order valence-electron chi connectivity index (χ1n) is 13.4. The molecule has 0 radical (unpaired) electrons. The van der Waals surface area contributed by atoms with Gasteiger partial charge in [0.15, 0.2) is 0 Å². The maximum absolute atomic E-state index is 13.3. The van der Waals surface area contributed by atoms with Gasteiger partial charge < -0.3 is 23.4 Å². The molecule has 0 bridgehead atoms. The van der Waals surface area contributed by atoms with Crippen molar-refractivity contribution >= 4 is 12.1 Å². The van der Waals surface area contributed by atoms with Crippen LogP contribution in [0.5, 0.6) is 17.2 Å². The molecule has 41 heavy (non-hydrogen) atoms. The number of nitrogens with zero attached hydrogens (tertiary/aromatic N) is 2. The highest BCUT2D eigenvalue weighted by molar-refractivity contribution is 5.83. The van der Waals surface area contributed by atoms with Crippen LogP contribution in [0.2, 0.25) is 0 Å². The molecule has 9 nitrogen and oxygen atoms in total. The highest BCUT2D eigenvalue weighted by Gasteiger charge is 2.43. The number of ether oxygens (including phenoxy) is 4. The standard InChI is InChI=1S/C32H32N2O7/c1-21-27(33-30(40-21)23-7-5-4-6-8-23)19-20-39-25-11-9-22(10-12-25)28-17-18-29(31(35)38-3)34(28)32(36)41-26-15-13-24(37-2)14-16-26/h4-16,28-29H,17-20H2,1-3H3/t28-,29-/m0/s1. The third-order valence-corrected chi connectivity index (χ3v) is 7.12. The summed E-state index contributed by atoms with van der Waals surface area (Å²) in [7, 11) is 2.88. The molecule has 1 fully saturated rings. The van der Waals surface area contributed by atoms with Gasteiger partial charge in [0.05, 0.1) is 32.6 Å². The highest BCUT2D eigenvalue weighted by Crippen LogP contribution is 2.38. The molecule has 0 N–H and O–H groups in total. The van der Waals surface area contributed by atoms with Crippen molar-refractivity contribution in [2.75, 3.05) is 20.8 Å². The predicted octanol–water partition coefficient (Wildman–Crippen LogP) is 6.16. The molecule has 2 atom stereocenters. The summed E-state index contributed by atoms with van der Waals surface area (Å²) in [4.78, 5) is 31.9. The zero-order chi connectivity index (χ0) is 28.8. The lowest BCUT2D eigenvalue weighted by atomic mass is 10.0. The monoisotopic (exact) mass is 556 g/mol. The van der Waals surface area contributed by atoms with E-state index in [1.807, 2.05) is 61.5 Å². The van der Waals surface area contributed by atoms with Crippen LogP contribution in [0, 0.1) is 6.92 Å². The Morgan fingerprint density at radius 2 is 1.59 bits per heavy atom. The Morgan fingerprint density at radius 1 is 0.902 bits per heavy atom. The molecular formula is C32H32N2O7. The number of esters is 1. The second-order valence-corrected chi connectivity index (χ2v) is 9.64. The molecule has 1 saturated heterocycles. The SMILES string of the molecule is COC(=O)[C@@H]1CC[C@@H](c2ccc(OCCc3nc(-c4ccccc4)oc3C)cc2)N1C(=O)Oc1ccc(OC)cc1. The summed E-state index contributed by atoms with van der Waals surface area (Å²) in [6.07, 6.45) is 1.03. The number of likely N-dealkylation sites (tertiary alicyclic amines) is 1. The summed E-state index contributed by atoms with van der Waals surface area (Å²) in [5.74, 6) is 2.58. The molecule has 0 spiro atoms. The van der Waals surface area contributed by atoms with Crippen molar-refractivity contribution in [3.63, 3.8) is 0 Å². The molecule has 1 amide bonds. The maximum atomic E-state index is 13.3. The molecule has 0 aliphatic carbocycles. The van der Waals surface area contributed by atoms with E-state index >= 15 is 0 Å². The first kappa shape index (κ1) is 27.8. The Bertz CT molecular complexity index is 1470. The fourth-order valence-corrected chi connectivity index (χ4v) is 4.97. The van der Waals surface area contributed by atoms with Crippen molar-refractivity contribution in [3.05, 3.63) is 95.9 Å². The van der Waals surface area contributed by atoms with E-state index in [-0.39, 0.29) is 6.04 Å². The molecule has 1 aliphatic heterocycles. The van der Waals surface area contributed by atoms with Crippen LogP contribution in [0.3, 0.4) is 0 Å². The van der Waals surface area contributed by atoms with Crippen LogP contribution in [0.15, 0.2) is 83.3 Å². The minimum Gasteiger partial charge on any atom is -0.497 e. The van der Waals surface area contributed by atoms with Gasteiger partial charge in [-0.1, -0.05) is 30.3 Å². The van der Waals surface area contributed by atoms with E-state index in [0.29, 0.717) is 49.0 Å². The Kier molecular flexibility index (Phi) is 8.53. The van der Waals surface area contributed by atoms with Gasteiger partial charge in [0, 0.05) is 12.0 Å². The third-order valence-electron chi connectivity index (χ3n) is 7.12. The molecule has 5 rings (SSSR count). The quantitative estimate of drug-likeness (QED) is 0.226. The lowest BCUT2D eigenvalue weighted by molar-refractivity contribution is -0.145. The largest absolute Gasteiger partial charge is 0.497 e. The van der Waals surface area contributed by atoms with Gasteiger partial charge in [-0.05, 0) is 73.9 Å².